The molecule has 0 spiro atoms. The van der Waals surface area contributed by atoms with Crippen molar-refractivity contribution in [2.24, 2.45) is 0 Å². The molecule has 0 bridgehead atoms. The summed E-state index contributed by atoms with van der Waals surface area (Å²) in [6.45, 7) is 1.97. The number of carbonyl (C=O) groups excluding carboxylic acids is 1. The molecule has 1 aromatic rings. The molecule has 0 aromatic carbocycles. The van der Waals surface area contributed by atoms with Gasteiger partial charge in [-0.05, 0) is 6.42 Å². The van der Waals surface area contributed by atoms with Crippen molar-refractivity contribution in [1.29, 1.82) is 0 Å². The van der Waals surface area contributed by atoms with Crippen LogP contribution in [0, 0.1) is 10.1 Å². The van der Waals surface area contributed by atoms with Crippen LogP contribution in [0.25, 0.3) is 0 Å². The lowest BCUT2D eigenvalue weighted by Gasteiger charge is -2.10. The monoisotopic (exact) mass is 303 g/mol. The van der Waals surface area contributed by atoms with E-state index in [1.165, 1.54) is 7.11 Å². The van der Waals surface area contributed by atoms with Crippen LogP contribution in [-0.4, -0.2) is 33.3 Å². The summed E-state index contributed by atoms with van der Waals surface area (Å²) in [5, 5.41) is 10.8. The second-order valence-electron chi connectivity index (χ2n) is 3.69. The molecule has 0 saturated heterocycles. The van der Waals surface area contributed by atoms with Crippen molar-refractivity contribution in [3.8, 4) is 0 Å². The van der Waals surface area contributed by atoms with E-state index < -0.39 is 27.8 Å². The third-order valence-electron chi connectivity index (χ3n) is 2.31. The molecule has 110 valence electrons. The molecule has 1 rings (SSSR count). The highest BCUT2D eigenvalue weighted by Gasteiger charge is 2.25. The highest BCUT2D eigenvalue weighted by Crippen LogP contribution is 2.24. The zero-order valence-corrected chi connectivity index (χ0v) is 11.7. The summed E-state index contributed by atoms with van der Waals surface area (Å²) in [6, 6.07) is 0. The summed E-state index contributed by atoms with van der Waals surface area (Å²) in [5.74, 6) is -0.843. The molecule has 10 heteroatoms. The van der Waals surface area contributed by atoms with Gasteiger partial charge in [-0.1, -0.05) is 18.7 Å². The normalized spacial score (nSPS) is 10.3. The van der Waals surface area contributed by atoms with Crippen molar-refractivity contribution in [2.75, 3.05) is 12.9 Å². The van der Waals surface area contributed by atoms with Crippen LogP contribution in [0.4, 0.5) is 5.69 Å². The fourth-order valence-electron chi connectivity index (χ4n) is 1.46. The van der Waals surface area contributed by atoms with E-state index in [9.17, 15) is 24.5 Å². The number of nitrogens with one attached hydrogen (secondary N) is 1. The number of nitro groups is 1. The molecule has 9 nitrogen and oxygen atoms in total. The standard InChI is InChI=1S/C10H13N3O6S/c1-3-4-12-9(20-5-6(14)19-2)7(13(17)18)8(15)11-10(12)16/h3-5H2,1-2H3,(H,11,15,16). The highest BCUT2D eigenvalue weighted by atomic mass is 32.2. The Morgan fingerprint density at radius 3 is 2.65 bits per heavy atom. The zero-order chi connectivity index (χ0) is 15.3. The molecule has 0 aliphatic heterocycles. The van der Waals surface area contributed by atoms with Gasteiger partial charge in [-0.15, -0.1) is 0 Å². The summed E-state index contributed by atoms with van der Waals surface area (Å²) in [5.41, 5.74) is -2.57. The van der Waals surface area contributed by atoms with Crippen LogP contribution in [0.3, 0.4) is 0 Å². The number of esters is 1. The first kappa shape index (κ1) is 16.0. The lowest BCUT2D eigenvalue weighted by Crippen LogP contribution is -2.33. The number of carbonyl (C=O) groups is 1. The lowest BCUT2D eigenvalue weighted by atomic mass is 10.4. The van der Waals surface area contributed by atoms with Crippen LogP contribution in [0.5, 0.6) is 0 Å². The van der Waals surface area contributed by atoms with Crippen LogP contribution >= 0.6 is 11.8 Å². The Kier molecular flexibility index (Phi) is 5.50. The van der Waals surface area contributed by atoms with Crippen molar-refractivity contribution < 1.29 is 14.5 Å². The van der Waals surface area contributed by atoms with Gasteiger partial charge in [0, 0.05) is 6.54 Å². The van der Waals surface area contributed by atoms with Crippen molar-refractivity contribution >= 4 is 23.4 Å². The predicted octanol–water partition coefficient (Wildman–Crippen LogP) is 0.120. The fourth-order valence-corrected chi connectivity index (χ4v) is 2.47. The quantitative estimate of drug-likeness (QED) is 0.260. The van der Waals surface area contributed by atoms with Crippen molar-refractivity contribution in [1.82, 2.24) is 9.55 Å². The topological polar surface area (TPSA) is 124 Å². The van der Waals surface area contributed by atoms with E-state index in [0.717, 1.165) is 16.3 Å². The van der Waals surface area contributed by atoms with Gasteiger partial charge in [-0.25, -0.2) is 4.79 Å². The summed E-state index contributed by atoms with van der Waals surface area (Å²) in [7, 11) is 1.17. The van der Waals surface area contributed by atoms with E-state index in [1.807, 2.05) is 4.98 Å². The third-order valence-corrected chi connectivity index (χ3v) is 3.38. The molecule has 0 aliphatic rings. The summed E-state index contributed by atoms with van der Waals surface area (Å²) < 4.78 is 5.51. The number of thioether (sulfide) groups is 1. The van der Waals surface area contributed by atoms with Gasteiger partial charge in [-0.2, -0.15) is 0 Å². The van der Waals surface area contributed by atoms with Gasteiger partial charge in [0.1, 0.15) is 0 Å². The molecule has 1 heterocycles. The maximum atomic E-state index is 11.7. The Hall–Kier alpha value is -2.10. The molecule has 0 amide bonds. The Bertz CT molecular complexity index is 635. The number of methoxy groups -OCH3 is 1. The maximum absolute atomic E-state index is 11.7. The maximum Gasteiger partial charge on any atom is 0.364 e. The minimum absolute atomic E-state index is 0.143. The molecule has 0 unspecified atom stereocenters. The van der Waals surface area contributed by atoms with Gasteiger partial charge in [0.25, 0.3) is 0 Å². The smallest absolute Gasteiger partial charge is 0.364 e. The number of aromatic amines is 1. The van der Waals surface area contributed by atoms with Gasteiger partial charge in [0.15, 0.2) is 5.03 Å². The average Bonchev–Trinajstić information content (AvgIpc) is 2.38. The van der Waals surface area contributed by atoms with Crippen LogP contribution < -0.4 is 11.2 Å². The average molecular weight is 303 g/mol. The first-order chi connectivity index (χ1) is 9.42. The van der Waals surface area contributed by atoms with Crippen molar-refractivity contribution in [3.63, 3.8) is 0 Å². The third kappa shape index (κ3) is 3.47. The molecular formula is C10H13N3O6S. The molecule has 20 heavy (non-hydrogen) atoms. The van der Waals surface area contributed by atoms with Crippen LogP contribution in [0.1, 0.15) is 13.3 Å². The molecule has 0 atom stereocenters. The van der Waals surface area contributed by atoms with Gasteiger partial charge in [0.2, 0.25) is 0 Å². The molecule has 0 radical (unpaired) electrons. The Morgan fingerprint density at radius 2 is 2.15 bits per heavy atom. The Labute approximate surface area is 117 Å². The minimum Gasteiger partial charge on any atom is -0.468 e. The van der Waals surface area contributed by atoms with Gasteiger partial charge in [0.05, 0.1) is 17.8 Å². The van der Waals surface area contributed by atoms with Gasteiger partial charge in [-0.3, -0.25) is 29.3 Å². The summed E-state index contributed by atoms with van der Waals surface area (Å²) in [4.78, 5) is 46.3. The van der Waals surface area contributed by atoms with E-state index >= 15 is 0 Å². The first-order valence-electron chi connectivity index (χ1n) is 5.63. The Balaban J connectivity index is 3.40. The molecule has 0 fully saturated rings. The van der Waals surface area contributed by atoms with Gasteiger partial charge >= 0.3 is 22.9 Å². The first-order valence-corrected chi connectivity index (χ1v) is 6.62. The molecular weight excluding hydrogens is 290 g/mol. The number of hydrogen-bond donors (Lipinski definition) is 1. The number of nitrogens with zero attached hydrogens (tertiary/aromatic N) is 2. The number of ether oxygens (including phenoxy) is 1. The van der Waals surface area contributed by atoms with E-state index in [2.05, 4.69) is 4.74 Å². The Morgan fingerprint density at radius 1 is 1.50 bits per heavy atom. The van der Waals surface area contributed by atoms with Crippen molar-refractivity contribution in [2.45, 2.75) is 24.9 Å². The molecule has 0 aliphatic carbocycles. The lowest BCUT2D eigenvalue weighted by molar-refractivity contribution is -0.390. The number of hydrogen-bond acceptors (Lipinski definition) is 7. The minimum atomic E-state index is -1.08. The van der Waals surface area contributed by atoms with Crippen LogP contribution in [0.2, 0.25) is 0 Å². The zero-order valence-electron chi connectivity index (χ0n) is 10.9. The second kappa shape index (κ2) is 6.89. The van der Waals surface area contributed by atoms with E-state index in [0.29, 0.717) is 6.42 Å². The van der Waals surface area contributed by atoms with Gasteiger partial charge < -0.3 is 4.74 Å². The van der Waals surface area contributed by atoms with Crippen LogP contribution in [0.15, 0.2) is 14.6 Å². The van der Waals surface area contributed by atoms with E-state index in [1.54, 1.807) is 6.92 Å². The molecule has 1 N–H and O–H groups in total. The summed E-state index contributed by atoms with van der Waals surface area (Å²) >= 11 is 0.730. The van der Waals surface area contributed by atoms with Crippen LogP contribution in [-0.2, 0) is 16.1 Å². The number of aromatic nitrogens is 2. The number of H-pyrrole nitrogens is 1. The number of rotatable bonds is 6. The highest BCUT2D eigenvalue weighted by molar-refractivity contribution is 8.00. The predicted molar refractivity (Wildman–Crippen MR) is 71.0 cm³/mol. The second-order valence-corrected chi connectivity index (χ2v) is 4.65. The van der Waals surface area contributed by atoms with E-state index in [-0.39, 0.29) is 17.3 Å². The SMILES string of the molecule is CCCn1c(SCC(=O)OC)c([N+](=O)[O-])c(=O)[nH]c1=O. The molecule has 1 aromatic heterocycles. The summed E-state index contributed by atoms with van der Waals surface area (Å²) in [6.07, 6.45) is 0.537. The fraction of sp³-hybridized carbons (Fsp3) is 0.500. The molecule has 0 saturated carbocycles. The van der Waals surface area contributed by atoms with Crippen molar-refractivity contribution in [3.05, 3.63) is 31.0 Å². The largest absolute Gasteiger partial charge is 0.468 e. The van der Waals surface area contributed by atoms with E-state index in [4.69, 9.17) is 0 Å².